The predicted molar refractivity (Wildman–Crippen MR) is 117 cm³/mol. The first-order valence-electron chi connectivity index (χ1n) is 10.0. The maximum atomic E-state index is 11.9. The molecule has 1 aromatic carbocycles. The number of aliphatic hydroxyl groups is 4. The second-order valence-corrected chi connectivity index (χ2v) is 9.29. The summed E-state index contributed by atoms with van der Waals surface area (Å²) in [6.07, 6.45) is -4.22. The molecular weight excluding hydrogens is 482 g/mol. The van der Waals surface area contributed by atoms with Crippen molar-refractivity contribution in [1.29, 1.82) is 0 Å². The van der Waals surface area contributed by atoms with Crippen LogP contribution >= 0.6 is 11.8 Å². The number of carbonyl (C=O) groups is 1. The van der Waals surface area contributed by atoms with Crippen molar-refractivity contribution in [2.45, 2.75) is 55.5 Å². The SMILES string of the molecule is O=C(OCCCCCC(=NOS(=O)(=O)O)S[C@@H]1O[C@H](CO)[C@@H](O)[C@H](O)[C@H]1O)c1ccccc1. The van der Waals surface area contributed by atoms with E-state index in [2.05, 4.69) is 9.44 Å². The Bertz CT molecular complexity index is 879. The number of rotatable bonds is 11. The minimum Gasteiger partial charge on any atom is -0.462 e. The van der Waals surface area contributed by atoms with E-state index in [9.17, 15) is 33.6 Å². The number of ether oxygens (including phenoxy) is 2. The van der Waals surface area contributed by atoms with Crippen molar-refractivity contribution in [2.75, 3.05) is 13.2 Å². The molecular formula is C19H27NO11S2. The first-order valence-corrected chi connectivity index (χ1v) is 12.3. The van der Waals surface area contributed by atoms with Crippen molar-refractivity contribution >= 4 is 33.2 Å². The van der Waals surface area contributed by atoms with Gasteiger partial charge >= 0.3 is 16.4 Å². The summed E-state index contributed by atoms with van der Waals surface area (Å²) in [7, 11) is -4.87. The van der Waals surface area contributed by atoms with Gasteiger partial charge in [-0.05, 0) is 37.8 Å². The summed E-state index contributed by atoms with van der Waals surface area (Å²) in [5.41, 5.74) is -0.763. The van der Waals surface area contributed by atoms with Crippen LogP contribution in [-0.2, 0) is 24.2 Å². The van der Waals surface area contributed by atoms with E-state index in [1.54, 1.807) is 30.3 Å². The Balaban J connectivity index is 1.86. The van der Waals surface area contributed by atoms with Crippen molar-refractivity contribution in [1.82, 2.24) is 0 Å². The van der Waals surface area contributed by atoms with Gasteiger partial charge in [0.25, 0.3) is 0 Å². The molecule has 0 radical (unpaired) electrons. The molecule has 1 heterocycles. The van der Waals surface area contributed by atoms with Gasteiger partial charge in [-0.1, -0.05) is 35.1 Å². The summed E-state index contributed by atoms with van der Waals surface area (Å²) in [6, 6.07) is 8.50. The third kappa shape index (κ3) is 9.17. The highest BCUT2D eigenvalue weighted by atomic mass is 32.3. The average Bonchev–Trinajstić information content (AvgIpc) is 2.79. The van der Waals surface area contributed by atoms with Crippen LogP contribution in [0.4, 0.5) is 0 Å². The molecule has 0 spiro atoms. The van der Waals surface area contributed by atoms with Gasteiger partial charge in [-0.2, -0.15) is 8.42 Å². The number of unbranched alkanes of at least 4 members (excludes halogenated alkanes) is 2. The normalized spacial score (nSPS) is 26.1. The summed E-state index contributed by atoms with van der Waals surface area (Å²) in [5, 5.41) is 42.5. The molecule has 0 amide bonds. The fourth-order valence-electron chi connectivity index (χ4n) is 2.89. The van der Waals surface area contributed by atoms with Gasteiger partial charge in [-0.15, -0.1) is 0 Å². The second kappa shape index (κ2) is 13.2. The molecule has 186 valence electrons. The Morgan fingerprint density at radius 2 is 1.76 bits per heavy atom. The lowest BCUT2D eigenvalue weighted by Gasteiger charge is -2.39. The fraction of sp³-hybridized carbons (Fsp3) is 0.579. The first kappa shape index (κ1) is 27.5. The molecule has 0 aromatic heterocycles. The third-order valence-corrected chi connectivity index (χ3v) is 6.05. The zero-order valence-corrected chi connectivity index (χ0v) is 19.1. The van der Waals surface area contributed by atoms with Crippen LogP contribution in [0.25, 0.3) is 0 Å². The van der Waals surface area contributed by atoms with Gasteiger partial charge in [0, 0.05) is 0 Å². The van der Waals surface area contributed by atoms with Crippen LogP contribution in [0.2, 0.25) is 0 Å². The number of hydrogen-bond acceptors (Lipinski definition) is 12. The van der Waals surface area contributed by atoms with E-state index in [1.807, 2.05) is 0 Å². The van der Waals surface area contributed by atoms with E-state index in [-0.39, 0.29) is 18.1 Å². The second-order valence-electron chi connectivity index (χ2n) is 7.12. The lowest BCUT2D eigenvalue weighted by molar-refractivity contribution is -0.205. The molecule has 0 bridgehead atoms. The number of oxime groups is 1. The van der Waals surface area contributed by atoms with Crippen LogP contribution in [-0.4, -0.2) is 87.5 Å². The monoisotopic (exact) mass is 509 g/mol. The largest absolute Gasteiger partial charge is 0.466 e. The van der Waals surface area contributed by atoms with Crippen LogP contribution in [0.1, 0.15) is 36.0 Å². The molecule has 0 unspecified atom stereocenters. The summed E-state index contributed by atoms with van der Waals surface area (Å²) in [6.45, 7) is -0.459. The van der Waals surface area contributed by atoms with Gasteiger partial charge < -0.3 is 29.9 Å². The maximum absolute atomic E-state index is 11.9. The van der Waals surface area contributed by atoms with E-state index in [0.717, 1.165) is 0 Å². The van der Waals surface area contributed by atoms with Crippen LogP contribution in [0.5, 0.6) is 0 Å². The van der Waals surface area contributed by atoms with Gasteiger partial charge in [0.15, 0.2) is 0 Å². The summed E-state index contributed by atoms with van der Waals surface area (Å²) in [5.74, 6) is -0.447. The lowest BCUT2D eigenvalue weighted by atomic mass is 10.0. The number of nitrogens with zero attached hydrogens (tertiary/aromatic N) is 1. The van der Waals surface area contributed by atoms with Crippen molar-refractivity contribution in [2.24, 2.45) is 5.16 Å². The van der Waals surface area contributed by atoms with E-state index < -0.39 is 52.8 Å². The average molecular weight is 510 g/mol. The smallest absolute Gasteiger partial charge is 0.462 e. The van der Waals surface area contributed by atoms with Crippen LogP contribution in [0.15, 0.2) is 35.5 Å². The minimum absolute atomic E-state index is 0.0123. The van der Waals surface area contributed by atoms with E-state index in [0.29, 0.717) is 36.6 Å². The standard InChI is InChI=1S/C19H27NO11S2/c21-11-13-15(22)16(23)17(24)19(30-13)32-14(20-31-33(26,27)28)9-5-2-6-10-29-18(25)12-7-3-1-4-8-12/h1,3-4,7-8,13,15-17,19,21-24H,2,5-6,9-11H2,(H,26,27,28)/t13-,15-,16+,17-,19+/m1/s1. The zero-order valence-electron chi connectivity index (χ0n) is 17.5. The van der Waals surface area contributed by atoms with Crippen LogP contribution in [0.3, 0.4) is 0 Å². The Labute approximate surface area is 195 Å². The molecule has 1 aliphatic heterocycles. The number of aliphatic hydroxyl groups excluding tert-OH is 4. The molecule has 2 rings (SSSR count). The third-order valence-electron chi connectivity index (χ3n) is 4.61. The van der Waals surface area contributed by atoms with Crippen LogP contribution < -0.4 is 0 Å². The van der Waals surface area contributed by atoms with Crippen molar-refractivity contribution in [3.8, 4) is 0 Å². The topological polar surface area (TPSA) is 192 Å². The molecule has 1 aliphatic rings. The van der Waals surface area contributed by atoms with E-state index >= 15 is 0 Å². The maximum Gasteiger partial charge on any atom is 0.466 e. The highest BCUT2D eigenvalue weighted by molar-refractivity contribution is 8.14. The number of esters is 1. The Kier molecular flexibility index (Phi) is 11.0. The van der Waals surface area contributed by atoms with Crippen LogP contribution in [0, 0.1) is 0 Å². The van der Waals surface area contributed by atoms with Gasteiger partial charge in [-0.25, -0.2) is 9.08 Å². The van der Waals surface area contributed by atoms with Gasteiger partial charge in [0.05, 0.1) is 18.8 Å². The summed E-state index contributed by atoms with van der Waals surface area (Å²) in [4.78, 5) is 11.9. The molecule has 14 heteroatoms. The number of thioether (sulfide) groups is 1. The molecule has 0 saturated carbocycles. The molecule has 12 nitrogen and oxygen atoms in total. The van der Waals surface area contributed by atoms with E-state index in [4.69, 9.17) is 14.0 Å². The quantitative estimate of drug-likeness (QED) is 0.0674. The number of hydrogen-bond donors (Lipinski definition) is 5. The van der Waals surface area contributed by atoms with Crippen molar-refractivity contribution < 1.29 is 51.9 Å². The molecule has 1 fully saturated rings. The molecule has 1 saturated heterocycles. The minimum atomic E-state index is -4.87. The predicted octanol–water partition coefficient (Wildman–Crippen LogP) is 0.0698. The van der Waals surface area contributed by atoms with Gasteiger partial charge in [-0.3, -0.25) is 4.55 Å². The summed E-state index contributed by atoms with van der Waals surface area (Å²) >= 11 is 0.715. The molecule has 0 aliphatic carbocycles. The van der Waals surface area contributed by atoms with E-state index in [1.165, 1.54) is 0 Å². The highest BCUT2D eigenvalue weighted by Crippen LogP contribution is 2.30. The molecule has 1 aromatic rings. The molecule has 33 heavy (non-hydrogen) atoms. The Morgan fingerprint density at radius 3 is 2.39 bits per heavy atom. The Hall–Kier alpha value is -1.78. The zero-order chi connectivity index (χ0) is 24.4. The van der Waals surface area contributed by atoms with Gasteiger partial charge in [0.1, 0.15) is 34.9 Å². The summed E-state index contributed by atoms with van der Waals surface area (Å²) < 4.78 is 45.1. The number of carbonyl (C=O) groups excluding carboxylic acids is 1. The van der Waals surface area contributed by atoms with Gasteiger partial charge in [0.2, 0.25) is 0 Å². The Morgan fingerprint density at radius 1 is 1.06 bits per heavy atom. The highest BCUT2D eigenvalue weighted by Gasteiger charge is 2.44. The van der Waals surface area contributed by atoms with Crippen molar-refractivity contribution in [3.63, 3.8) is 0 Å². The van der Waals surface area contributed by atoms with Crippen molar-refractivity contribution in [3.05, 3.63) is 35.9 Å². The molecule has 5 atom stereocenters. The lowest BCUT2D eigenvalue weighted by Crippen LogP contribution is -2.57. The fourth-order valence-corrected chi connectivity index (χ4v) is 4.23. The first-order chi connectivity index (χ1) is 15.6. The number of benzene rings is 1. The molecule has 5 N–H and O–H groups in total.